The fraction of sp³-hybridized carbons (Fsp3) is 0.500. The fourth-order valence-electron chi connectivity index (χ4n) is 1.72. The molecule has 1 heterocycles. The van der Waals surface area contributed by atoms with E-state index in [9.17, 15) is 0 Å². The average Bonchev–Trinajstić information content (AvgIpc) is 2.22. The number of aryl methyl sites for hydroxylation is 1. The Hall–Kier alpha value is -0.180. The van der Waals surface area contributed by atoms with Gasteiger partial charge in [-0.05, 0) is 43.2 Å². The molecule has 0 aromatic heterocycles. The van der Waals surface area contributed by atoms with Crippen LogP contribution in [0.3, 0.4) is 0 Å². The molecular formula is C12H16ClNS. The van der Waals surface area contributed by atoms with Gasteiger partial charge in [0.05, 0.1) is 5.37 Å². The first-order valence-corrected chi connectivity index (χ1v) is 6.73. The van der Waals surface area contributed by atoms with Crippen LogP contribution in [0.5, 0.6) is 0 Å². The van der Waals surface area contributed by atoms with E-state index in [-0.39, 0.29) is 0 Å². The van der Waals surface area contributed by atoms with Crippen molar-refractivity contribution < 1.29 is 0 Å². The first-order chi connectivity index (χ1) is 7.16. The molecule has 1 aliphatic rings. The maximum atomic E-state index is 6.13. The third kappa shape index (κ3) is 2.68. The Morgan fingerprint density at radius 1 is 1.47 bits per heavy atom. The van der Waals surface area contributed by atoms with Crippen molar-refractivity contribution in [3.05, 3.63) is 34.3 Å². The number of hydrogen-bond donors (Lipinski definition) is 1. The van der Waals surface area contributed by atoms with Crippen LogP contribution >= 0.6 is 23.4 Å². The van der Waals surface area contributed by atoms with Gasteiger partial charge < -0.3 is 0 Å². The van der Waals surface area contributed by atoms with Gasteiger partial charge in [0.25, 0.3) is 0 Å². The Bertz CT molecular complexity index is 353. The smallest absolute Gasteiger partial charge is 0.0791 e. The Morgan fingerprint density at radius 2 is 2.27 bits per heavy atom. The molecule has 2 unspecified atom stereocenters. The van der Waals surface area contributed by atoms with Crippen LogP contribution < -0.4 is 5.32 Å². The summed E-state index contributed by atoms with van der Waals surface area (Å²) in [4.78, 5) is 0. The molecule has 0 aliphatic carbocycles. The summed E-state index contributed by atoms with van der Waals surface area (Å²) in [6, 6.07) is 6.96. The van der Waals surface area contributed by atoms with Crippen molar-refractivity contribution in [1.82, 2.24) is 5.32 Å². The van der Waals surface area contributed by atoms with Crippen molar-refractivity contribution in [2.75, 3.05) is 5.75 Å². The Morgan fingerprint density at radius 3 is 2.93 bits per heavy atom. The predicted molar refractivity (Wildman–Crippen MR) is 68.6 cm³/mol. The summed E-state index contributed by atoms with van der Waals surface area (Å²) in [6.45, 7) is 4.28. The Kier molecular flexibility index (Phi) is 3.60. The molecule has 0 saturated carbocycles. The van der Waals surface area contributed by atoms with E-state index in [0.29, 0.717) is 11.4 Å². The van der Waals surface area contributed by atoms with Gasteiger partial charge >= 0.3 is 0 Å². The summed E-state index contributed by atoms with van der Waals surface area (Å²) in [5.41, 5.74) is 2.44. The average molecular weight is 242 g/mol. The van der Waals surface area contributed by atoms with Crippen molar-refractivity contribution >= 4 is 23.4 Å². The van der Waals surface area contributed by atoms with Crippen LogP contribution in [0, 0.1) is 6.92 Å². The maximum Gasteiger partial charge on any atom is 0.0791 e. The minimum absolute atomic E-state index is 0.409. The van der Waals surface area contributed by atoms with Gasteiger partial charge in [-0.2, -0.15) is 0 Å². The van der Waals surface area contributed by atoms with Crippen LogP contribution in [-0.2, 0) is 0 Å². The zero-order chi connectivity index (χ0) is 10.8. The number of halogens is 1. The summed E-state index contributed by atoms with van der Waals surface area (Å²) >= 11 is 8.10. The third-order valence-electron chi connectivity index (χ3n) is 2.77. The van der Waals surface area contributed by atoms with Crippen LogP contribution in [0.2, 0.25) is 5.02 Å². The monoisotopic (exact) mass is 241 g/mol. The number of hydrogen-bond acceptors (Lipinski definition) is 2. The van der Waals surface area contributed by atoms with E-state index < -0.39 is 0 Å². The van der Waals surface area contributed by atoms with E-state index in [2.05, 4.69) is 30.4 Å². The number of nitrogens with one attached hydrogen (secondary N) is 1. The minimum atomic E-state index is 0.409. The molecule has 0 amide bonds. The second kappa shape index (κ2) is 4.77. The first-order valence-electron chi connectivity index (χ1n) is 5.30. The first kappa shape index (κ1) is 11.3. The zero-order valence-corrected chi connectivity index (χ0v) is 10.7. The minimum Gasteiger partial charge on any atom is -0.299 e. The van der Waals surface area contributed by atoms with Gasteiger partial charge in [-0.15, -0.1) is 11.8 Å². The van der Waals surface area contributed by atoms with Crippen molar-refractivity contribution in [2.45, 2.75) is 31.7 Å². The van der Waals surface area contributed by atoms with Crippen molar-refractivity contribution in [1.29, 1.82) is 0 Å². The van der Waals surface area contributed by atoms with Crippen LogP contribution in [0.4, 0.5) is 0 Å². The summed E-state index contributed by atoms with van der Waals surface area (Å²) < 4.78 is 0. The summed E-state index contributed by atoms with van der Waals surface area (Å²) in [7, 11) is 0. The van der Waals surface area contributed by atoms with Gasteiger partial charge in [-0.3, -0.25) is 5.32 Å². The lowest BCUT2D eigenvalue weighted by Gasteiger charge is -2.28. The predicted octanol–water partition coefficient (Wildman–Crippen LogP) is 3.76. The fourth-order valence-corrected chi connectivity index (χ4v) is 3.30. The van der Waals surface area contributed by atoms with E-state index in [1.165, 1.54) is 17.7 Å². The highest BCUT2D eigenvalue weighted by Crippen LogP contribution is 2.33. The summed E-state index contributed by atoms with van der Waals surface area (Å²) in [5, 5.41) is 4.86. The lowest BCUT2D eigenvalue weighted by molar-refractivity contribution is 0.512. The van der Waals surface area contributed by atoms with Gasteiger partial charge in [0.1, 0.15) is 0 Å². The van der Waals surface area contributed by atoms with Gasteiger partial charge in [0, 0.05) is 11.1 Å². The zero-order valence-electron chi connectivity index (χ0n) is 9.09. The highest BCUT2D eigenvalue weighted by Gasteiger charge is 2.19. The molecule has 1 aromatic rings. The third-order valence-corrected chi connectivity index (χ3v) is 4.39. The second-order valence-electron chi connectivity index (χ2n) is 4.12. The molecule has 1 nitrogen and oxygen atoms in total. The summed E-state index contributed by atoms with van der Waals surface area (Å²) in [5.74, 6) is 1.23. The molecule has 0 radical (unpaired) electrons. The molecule has 82 valence electrons. The lowest BCUT2D eigenvalue weighted by Crippen LogP contribution is -2.33. The molecule has 1 fully saturated rings. The summed E-state index contributed by atoms with van der Waals surface area (Å²) in [6.07, 6.45) is 1.25. The molecule has 15 heavy (non-hydrogen) atoms. The van der Waals surface area contributed by atoms with E-state index in [4.69, 9.17) is 11.6 Å². The quantitative estimate of drug-likeness (QED) is 0.804. The lowest BCUT2D eigenvalue weighted by atomic mass is 10.1. The molecule has 0 bridgehead atoms. The standard InChI is InChI=1S/C12H16ClNS/c1-8-3-4-10(7-11(8)13)12-14-9(2)5-6-15-12/h3-4,7,9,12,14H,5-6H2,1-2H3. The van der Waals surface area contributed by atoms with Gasteiger partial charge in [-0.25, -0.2) is 0 Å². The van der Waals surface area contributed by atoms with Crippen LogP contribution in [0.15, 0.2) is 18.2 Å². The highest BCUT2D eigenvalue weighted by atomic mass is 35.5. The highest BCUT2D eigenvalue weighted by molar-refractivity contribution is 7.99. The van der Waals surface area contributed by atoms with Crippen LogP contribution in [0.25, 0.3) is 0 Å². The molecule has 1 N–H and O–H groups in total. The van der Waals surface area contributed by atoms with Crippen LogP contribution in [-0.4, -0.2) is 11.8 Å². The second-order valence-corrected chi connectivity index (χ2v) is 5.74. The van der Waals surface area contributed by atoms with E-state index in [0.717, 1.165) is 10.6 Å². The number of rotatable bonds is 1. The van der Waals surface area contributed by atoms with E-state index in [1.807, 2.05) is 18.7 Å². The molecule has 2 atom stereocenters. The van der Waals surface area contributed by atoms with Gasteiger partial charge in [0.2, 0.25) is 0 Å². The Balaban J connectivity index is 2.18. The molecule has 3 heteroatoms. The molecular weight excluding hydrogens is 226 g/mol. The Labute approximate surface area is 101 Å². The topological polar surface area (TPSA) is 12.0 Å². The number of thioether (sulfide) groups is 1. The van der Waals surface area contributed by atoms with Gasteiger partial charge in [-0.1, -0.05) is 23.7 Å². The van der Waals surface area contributed by atoms with Gasteiger partial charge in [0.15, 0.2) is 0 Å². The number of benzene rings is 1. The molecule has 1 aliphatic heterocycles. The normalized spacial score (nSPS) is 26.6. The maximum absolute atomic E-state index is 6.13. The molecule has 1 saturated heterocycles. The largest absolute Gasteiger partial charge is 0.299 e. The SMILES string of the molecule is Cc1ccc(C2NC(C)CCS2)cc1Cl. The van der Waals surface area contributed by atoms with Crippen molar-refractivity contribution in [2.24, 2.45) is 0 Å². The molecule has 1 aromatic carbocycles. The van der Waals surface area contributed by atoms with E-state index >= 15 is 0 Å². The molecule has 2 rings (SSSR count). The molecule has 0 spiro atoms. The van der Waals surface area contributed by atoms with Crippen molar-refractivity contribution in [3.63, 3.8) is 0 Å². The van der Waals surface area contributed by atoms with E-state index in [1.54, 1.807) is 0 Å². The van der Waals surface area contributed by atoms with Crippen molar-refractivity contribution in [3.8, 4) is 0 Å². The van der Waals surface area contributed by atoms with Crippen LogP contribution in [0.1, 0.15) is 29.8 Å².